The van der Waals surface area contributed by atoms with Crippen molar-refractivity contribution in [3.63, 3.8) is 0 Å². The number of esters is 2. The molecule has 0 fully saturated rings. The largest absolute Gasteiger partial charge is 0.465 e. The third-order valence-electron chi connectivity index (χ3n) is 3.53. The first-order valence-corrected chi connectivity index (χ1v) is 8.99. The van der Waals surface area contributed by atoms with Crippen LogP contribution in [-0.4, -0.2) is 31.6 Å². The Morgan fingerprint density at radius 2 is 1.81 bits per heavy atom. The molecule has 0 bridgehead atoms. The Bertz CT molecular complexity index is 829. The third kappa shape index (κ3) is 4.62. The average Bonchev–Trinajstić information content (AvgIpc) is 2.92. The molecule has 1 N–H and O–H groups in total. The van der Waals surface area contributed by atoms with E-state index in [0.29, 0.717) is 10.6 Å². The number of amides is 1. The van der Waals surface area contributed by atoms with E-state index in [1.165, 1.54) is 7.11 Å². The summed E-state index contributed by atoms with van der Waals surface area (Å²) < 4.78 is 9.77. The molecule has 0 saturated carbocycles. The van der Waals surface area contributed by atoms with Crippen molar-refractivity contribution in [2.75, 3.05) is 19.0 Å². The first kappa shape index (κ1) is 19.9. The van der Waals surface area contributed by atoms with E-state index in [1.807, 2.05) is 0 Å². The van der Waals surface area contributed by atoms with Crippen molar-refractivity contribution in [3.8, 4) is 0 Å². The van der Waals surface area contributed by atoms with Gasteiger partial charge in [0.25, 0.3) is 0 Å². The summed E-state index contributed by atoms with van der Waals surface area (Å²) in [6.45, 7) is 3.48. The van der Waals surface area contributed by atoms with Gasteiger partial charge in [0, 0.05) is 5.02 Å². The summed E-state index contributed by atoms with van der Waals surface area (Å²) in [7, 11) is 1.25. The van der Waals surface area contributed by atoms with Crippen LogP contribution in [0.15, 0.2) is 24.3 Å². The molecule has 6 nitrogen and oxygen atoms in total. The number of thiophene rings is 1. The third-order valence-corrected chi connectivity index (χ3v) is 4.97. The Balaban J connectivity index is 2.28. The van der Waals surface area contributed by atoms with Crippen LogP contribution >= 0.6 is 22.9 Å². The maximum absolute atomic E-state index is 12.4. The maximum atomic E-state index is 12.4. The Kier molecular flexibility index (Phi) is 6.76. The Morgan fingerprint density at radius 1 is 1.15 bits per heavy atom. The minimum absolute atomic E-state index is 0.101. The number of carbonyl (C=O) groups is 3. The SMILES string of the molecule is CCOC(=O)c1c(NC(=O)Cc2ccc(Cl)cc2)sc(C(=O)OC)c1C. The van der Waals surface area contributed by atoms with Gasteiger partial charge in [-0.15, -0.1) is 11.3 Å². The molecule has 1 amide bonds. The highest BCUT2D eigenvalue weighted by atomic mass is 35.5. The molecule has 0 spiro atoms. The van der Waals surface area contributed by atoms with E-state index in [1.54, 1.807) is 38.1 Å². The molecule has 138 valence electrons. The fraction of sp³-hybridized carbons (Fsp3) is 0.278. The second-order valence-corrected chi connectivity index (χ2v) is 6.78. The van der Waals surface area contributed by atoms with Crippen LogP contribution in [0.2, 0.25) is 5.02 Å². The number of halogens is 1. The molecule has 2 rings (SSSR count). The van der Waals surface area contributed by atoms with Crippen molar-refractivity contribution >= 4 is 45.8 Å². The van der Waals surface area contributed by atoms with Gasteiger partial charge in [0.05, 0.1) is 25.7 Å². The van der Waals surface area contributed by atoms with Crippen LogP contribution in [0.4, 0.5) is 5.00 Å². The fourth-order valence-electron chi connectivity index (χ4n) is 2.30. The molecular weight excluding hydrogens is 378 g/mol. The predicted octanol–water partition coefficient (Wildman–Crippen LogP) is 3.85. The summed E-state index contributed by atoms with van der Waals surface area (Å²) in [5.74, 6) is -1.50. The number of anilines is 1. The Morgan fingerprint density at radius 3 is 2.38 bits per heavy atom. The van der Waals surface area contributed by atoms with Crippen LogP contribution in [0.3, 0.4) is 0 Å². The lowest BCUT2D eigenvalue weighted by atomic mass is 10.1. The molecule has 26 heavy (non-hydrogen) atoms. The van der Waals surface area contributed by atoms with E-state index in [0.717, 1.165) is 16.9 Å². The number of hydrogen-bond donors (Lipinski definition) is 1. The van der Waals surface area contributed by atoms with Crippen LogP contribution in [0.25, 0.3) is 0 Å². The maximum Gasteiger partial charge on any atom is 0.348 e. The van der Waals surface area contributed by atoms with Crippen molar-refractivity contribution in [3.05, 3.63) is 50.9 Å². The first-order chi connectivity index (χ1) is 12.4. The first-order valence-electron chi connectivity index (χ1n) is 7.80. The number of methoxy groups -OCH3 is 1. The second kappa shape index (κ2) is 8.82. The van der Waals surface area contributed by atoms with Crippen LogP contribution in [0.5, 0.6) is 0 Å². The van der Waals surface area contributed by atoms with Crippen LogP contribution < -0.4 is 5.32 Å². The van der Waals surface area contributed by atoms with Gasteiger partial charge >= 0.3 is 11.9 Å². The zero-order valence-corrected chi connectivity index (χ0v) is 16.1. The number of carbonyl (C=O) groups excluding carboxylic acids is 3. The molecule has 1 aromatic heterocycles. The van der Waals surface area contributed by atoms with Gasteiger partial charge in [-0.25, -0.2) is 9.59 Å². The number of rotatable bonds is 6. The van der Waals surface area contributed by atoms with Gasteiger partial charge in [-0.3, -0.25) is 4.79 Å². The van der Waals surface area contributed by atoms with E-state index in [9.17, 15) is 14.4 Å². The summed E-state index contributed by atoms with van der Waals surface area (Å²) in [6, 6.07) is 6.87. The van der Waals surface area contributed by atoms with Crippen molar-refractivity contribution in [2.24, 2.45) is 0 Å². The molecule has 0 atom stereocenters. The number of benzene rings is 1. The van der Waals surface area contributed by atoms with E-state index in [4.69, 9.17) is 21.1 Å². The van der Waals surface area contributed by atoms with Crippen molar-refractivity contribution in [2.45, 2.75) is 20.3 Å². The van der Waals surface area contributed by atoms with Crippen molar-refractivity contribution in [1.29, 1.82) is 0 Å². The Labute approximate surface area is 160 Å². The topological polar surface area (TPSA) is 81.7 Å². The van der Waals surface area contributed by atoms with E-state index >= 15 is 0 Å². The van der Waals surface area contributed by atoms with Crippen LogP contribution in [0.1, 0.15) is 38.1 Å². The summed E-state index contributed by atoms with van der Waals surface area (Å²) in [6.07, 6.45) is 0.101. The summed E-state index contributed by atoms with van der Waals surface area (Å²) >= 11 is 6.82. The molecular formula is C18H18ClNO5S. The van der Waals surface area contributed by atoms with Gasteiger partial charge in [-0.2, -0.15) is 0 Å². The van der Waals surface area contributed by atoms with Crippen molar-refractivity contribution < 1.29 is 23.9 Å². The van der Waals surface area contributed by atoms with Gasteiger partial charge in [0.1, 0.15) is 9.88 Å². The highest BCUT2D eigenvalue weighted by Gasteiger charge is 2.27. The van der Waals surface area contributed by atoms with Crippen LogP contribution in [-0.2, 0) is 20.7 Å². The minimum atomic E-state index is -0.599. The second-order valence-electron chi connectivity index (χ2n) is 5.32. The van der Waals surface area contributed by atoms with Gasteiger partial charge < -0.3 is 14.8 Å². The lowest BCUT2D eigenvalue weighted by molar-refractivity contribution is -0.115. The standard InChI is InChI=1S/C18H18ClNO5S/c1-4-25-17(22)14-10(2)15(18(23)24-3)26-16(14)20-13(21)9-11-5-7-12(19)8-6-11/h5-8H,4,9H2,1-3H3,(H,20,21). The van der Waals surface area contributed by atoms with Gasteiger partial charge in [0.2, 0.25) is 5.91 Å². The van der Waals surface area contributed by atoms with E-state index < -0.39 is 11.9 Å². The van der Waals surface area contributed by atoms with E-state index in [2.05, 4.69) is 5.32 Å². The van der Waals surface area contributed by atoms with Gasteiger partial charge in [-0.1, -0.05) is 23.7 Å². The molecule has 2 aromatic rings. The van der Waals surface area contributed by atoms with E-state index in [-0.39, 0.29) is 34.4 Å². The quantitative estimate of drug-likeness (QED) is 0.751. The predicted molar refractivity (Wildman–Crippen MR) is 100 cm³/mol. The van der Waals surface area contributed by atoms with Gasteiger partial charge in [-0.05, 0) is 37.1 Å². The minimum Gasteiger partial charge on any atom is -0.465 e. The normalized spacial score (nSPS) is 10.3. The molecule has 0 aliphatic carbocycles. The highest BCUT2D eigenvalue weighted by molar-refractivity contribution is 7.18. The molecule has 0 radical (unpaired) electrons. The summed E-state index contributed by atoms with van der Waals surface area (Å²) in [5.41, 5.74) is 1.36. The molecule has 8 heteroatoms. The lowest BCUT2D eigenvalue weighted by Crippen LogP contribution is -2.16. The molecule has 1 aromatic carbocycles. The molecule has 0 unspecified atom stereocenters. The lowest BCUT2D eigenvalue weighted by Gasteiger charge is -2.07. The summed E-state index contributed by atoms with van der Waals surface area (Å²) in [4.78, 5) is 36.8. The van der Waals surface area contributed by atoms with Crippen LogP contribution in [0, 0.1) is 6.92 Å². The number of ether oxygens (including phenoxy) is 2. The molecule has 0 aliphatic rings. The molecule has 0 aliphatic heterocycles. The summed E-state index contributed by atoms with van der Waals surface area (Å²) in [5, 5.41) is 3.53. The van der Waals surface area contributed by atoms with Gasteiger partial charge in [0.15, 0.2) is 0 Å². The molecule has 1 heterocycles. The van der Waals surface area contributed by atoms with Crippen molar-refractivity contribution in [1.82, 2.24) is 0 Å². The zero-order valence-electron chi connectivity index (χ0n) is 14.6. The zero-order chi connectivity index (χ0) is 19.3. The molecule has 0 saturated heterocycles. The average molecular weight is 396 g/mol. The highest BCUT2D eigenvalue weighted by Crippen LogP contribution is 2.34. The monoisotopic (exact) mass is 395 g/mol. The fourth-order valence-corrected chi connectivity index (χ4v) is 3.55. The smallest absolute Gasteiger partial charge is 0.348 e. The Hall–Kier alpha value is -2.38. The number of nitrogens with one attached hydrogen (secondary N) is 1. The number of hydrogen-bond acceptors (Lipinski definition) is 6.